The molecule has 0 bridgehead atoms. The molecular weight excluding hydrogens is 432 g/mol. The molecule has 170 valence electrons. The number of benzene rings is 2. The fraction of sp³-hybridized carbons (Fsp3) is 0.154. The first-order valence-electron chi connectivity index (χ1n) is 10.8. The third kappa shape index (κ3) is 3.74. The van der Waals surface area contributed by atoms with Gasteiger partial charge in [-0.2, -0.15) is 5.10 Å². The van der Waals surface area contributed by atoms with Crippen molar-refractivity contribution in [2.24, 2.45) is 0 Å². The molecule has 5 rings (SSSR count). The molecule has 2 aromatic carbocycles. The summed E-state index contributed by atoms with van der Waals surface area (Å²) in [6.45, 7) is 0.282. The van der Waals surface area contributed by atoms with Gasteiger partial charge < -0.3 is 14.4 Å². The number of rotatable bonds is 7. The van der Waals surface area contributed by atoms with E-state index >= 15 is 0 Å². The largest absolute Gasteiger partial charge is 0.480 e. The highest BCUT2D eigenvalue weighted by Crippen LogP contribution is 2.29. The Morgan fingerprint density at radius 3 is 2.44 bits per heavy atom. The van der Waals surface area contributed by atoms with Crippen LogP contribution < -0.4 is 5.56 Å². The number of fused-ring (bicyclic) bond motifs is 3. The number of pyridine rings is 1. The Morgan fingerprint density at radius 2 is 1.76 bits per heavy atom. The fourth-order valence-corrected chi connectivity index (χ4v) is 4.25. The minimum Gasteiger partial charge on any atom is -0.480 e. The first kappa shape index (κ1) is 21.5. The highest BCUT2D eigenvalue weighted by molar-refractivity contribution is 5.86. The van der Waals surface area contributed by atoms with Crippen molar-refractivity contribution in [1.82, 2.24) is 19.2 Å². The Labute approximate surface area is 194 Å². The van der Waals surface area contributed by atoms with Crippen molar-refractivity contribution in [3.8, 4) is 11.1 Å². The third-order valence-electron chi connectivity index (χ3n) is 5.85. The Bertz CT molecular complexity index is 1540. The monoisotopic (exact) mass is 454 g/mol. The lowest BCUT2D eigenvalue weighted by Crippen LogP contribution is -2.31. The number of hydrogen-bond donors (Lipinski definition) is 1. The summed E-state index contributed by atoms with van der Waals surface area (Å²) in [6, 6.07) is 19.7. The summed E-state index contributed by atoms with van der Waals surface area (Å²) in [5, 5.41) is 14.9. The van der Waals surface area contributed by atoms with E-state index in [0.717, 1.165) is 16.7 Å². The Kier molecular flexibility index (Phi) is 5.65. The van der Waals surface area contributed by atoms with Gasteiger partial charge >= 0.3 is 5.97 Å². The van der Waals surface area contributed by atoms with Gasteiger partial charge in [-0.25, -0.2) is 14.3 Å². The van der Waals surface area contributed by atoms with E-state index in [9.17, 15) is 14.7 Å². The maximum atomic E-state index is 13.4. The predicted molar refractivity (Wildman–Crippen MR) is 128 cm³/mol. The Balaban J connectivity index is 1.68. The molecule has 3 heterocycles. The Hall–Kier alpha value is -4.30. The molecule has 0 spiro atoms. The molecule has 0 saturated heterocycles. The Morgan fingerprint density at radius 1 is 1.06 bits per heavy atom. The minimum absolute atomic E-state index is 0.190. The van der Waals surface area contributed by atoms with Gasteiger partial charge in [-0.1, -0.05) is 60.7 Å². The molecule has 34 heavy (non-hydrogen) atoms. The molecule has 0 aliphatic carbocycles. The molecule has 8 nitrogen and oxygen atoms in total. The number of carboxylic acid groups (broad SMARTS) is 1. The van der Waals surface area contributed by atoms with Crippen molar-refractivity contribution in [2.75, 3.05) is 7.11 Å². The lowest BCUT2D eigenvalue weighted by molar-refractivity contribution is -0.141. The number of methoxy groups -OCH3 is 1. The molecule has 0 aliphatic heterocycles. The second-order valence-electron chi connectivity index (χ2n) is 7.99. The normalized spacial score (nSPS) is 12.3. The maximum Gasteiger partial charge on any atom is 0.327 e. The summed E-state index contributed by atoms with van der Waals surface area (Å²) < 4.78 is 8.24. The van der Waals surface area contributed by atoms with Gasteiger partial charge in [0.1, 0.15) is 6.04 Å². The van der Waals surface area contributed by atoms with Gasteiger partial charge in [-0.3, -0.25) is 4.79 Å². The zero-order valence-electron chi connectivity index (χ0n) is 18.5. The number of carbonyl (C=O) groups is 1. The minimum atomic E-state index is -1.08. The van der Waals surface area contributed by atoms with Gasteiger partial charge in [-0.05, 0) is 17.2 Å². The van der Waals surface area contributed by atoms with E-state index in [4.69, 9.17) is 9.84 Å². The van der Waals surface area contributed by atoms with Gasteiger partial charge in [0, 0.05) is 25.9 Å². The van der Waals surface area contributed by atoms with E-state index in [1.807, 2.05) is 60.7 Å². The van der Waals surface area contributed by atoms with Crippen molar-refractivity contribution in [2.45, 2.75) is 19.1 Å². The standard InChI is InChI=1S/C26H22N4O4/c1-34-16-20-23(18-10-6-3-7-11-18)24-27-15-19-21(30(24)28-20)12-13-29(25(19)31)22(26(32)33)14-17-8-4-2-5-9-17/h2-13,15,22H,14,16H2,1H3,(H,32,33)/t22-/m1/s1. The van der Waals surface area contributed by atoms with Crippen LogP contribution in [0.2, 0.25) is 0 Å². The van der Waals surface area contributed by atoms with E-state index in [1.54, 1.807) is 17.7 Å². The molecule has 0 unspecified atom stereocenters. The third-order valence-corrected chi connectivity index (χ3v) is 5.85. The van der Waals surface area contributed by atoms with Crippen molar-refractivity contribution >= 4 is 22.5 Å². The number of ether oxygens (including phenoxy) is 1. The lowest BCUT2D eigenvalue weighted by Gasteiger charge is -2.16. The molecule has 5 aromatic rings. The van der Waals surface area contributed by atoms with E-state index in [2.05, 4.69) is 4.98 Å². The van der Waals surface area contributed by atoms with Gasteiger partial charge in [0.2, 0.25) is 0 Å². The van der Waals surface area contributed by atoms with Crippen molar-refractivity contribution in [3.05, 3.63) is 101 Å². The highest BCUT2D eigenvalue weighted by Gasteiger charge is 2.24. The van der Waals surface area contributed by atoms with Gasteiger partial charge in [0.05, 0.1) is 28.8 Å². The van der Waals surface area contributed by atoms with Crippen LogP contribution in [0.5, 0.6) is 0 Å². The van der Waals surface area contributed by atoms with Gasteiger partial charge in [0.25, 0.3) is 5.56 Å². The van der Waals surface area contributed by atoms with Crippen LogP contribution in [-0.2, 0) is 22.6 Å². The summed E-state index contributed by atoms with van der Waals surface area (Å²) in [7, 11) is 1.60. The zero-order chi connectivity index (χ0) is 23.7. The average Bonchev–Trinajstić information content (AvgIpc) is 3.23. The first-order valence-corrected chi connectivity index (χ1v) is 10.8. The molecule has 0 radical (unpaired) electrons. The molecule has 0 aliphatic rings. The molecule has 3 aromatic heterocycles. The van der Waals surface area contributed by atoms with Crippen LogP contribution in [-0.4, -0.2) is 37.4 Å². The molecule has 1 N–H and O–H groups in total. The highest BCUT2D eigenvalue weighted by atomic mass is 16.5. The second kappa shape index (κ2) is 8.92. The molecular formula is C26H22N4O4. The van der Waals surface area contributed by atoms with Crippen molar-refractivity contribution in [1.29, 1.82) is 0 Å². The first-order chi connectivity index (χ1) is 16.6. The number of aromatic nitrogens is 4. The second-order valence-corrected chi connectivity index (χ2v) is 7.99. The zero-order valence-corrected chi connectivity index (χ0v) is 18.5. The van der Waals surface area contributed by atoms with E-state index in [1.165, 1.54) is 17.0 Å². The smallest absolute Gasteiger partial charge is 0.327 e. The lowest BCUT2D eigenvalue weighted by atomic mass is 10.1. The number of hydrogen-bond acceptors (Lipinski definition) is 5. The van der Waals surface area contributed by atoms with Crippen LogP contribution in [0.3, 0.4) is 0 Å². The summed E-state index contributed by atoms with van der Waals surface area (Å²) in [5.41, 5.74) is 4.03. The van der Waals surface area contributed by atoms with Crippen LogP contribution in [0.15, 0.2) is 83.9 Å². The van der Waals surface area contributed by atoms with E-state index in [0.29, 0.717) is 22.2 Å². The number of aliphatic carboxylic acids is 1. The number of carboxylic acids is 1. The van der Waals surface area contributed by atoms with E-state index in [-0.39, 0.29) is 13.0 Å². The summed E-state index contributed by atoms with van der Waals surface area (Å²) >= 11 is 0. The van der Waals surface area contributed by atoms with Crippen LogP contribution in [0.1, 0.15) is 17.3 Å². The van der Waals surface area contributed by atoms with Crippen LogP contribution in [0.25, 0.3) is 27.7 Å². The summed E-state index contributed by atoms with van der Waals surface area (Å²) in [4.78, 5) is 30.0. The van der Waals surface area contributed by atoms with Gasteiger partial charge in [-0.15, -0.1) is 0 Å². The van der Waals surface area contributed by atoms with Crippen LogP contribution >= 0.6 is 0 Å². The molecule has 0 fully saturated rings. The average molecular weight is 454 g/mol. The number of nitrogens with zero attached hydrogens (tertiary/aromatic N) is 4. The molecule has 1 atom stereocenters. The fourth-order valence-electron chi connectivity index (χ4n) is 4.25. The predicted octanol–water partition coefficient (Wildman–Crippen LogP) is 3.73. The SMILES string of the molecule is COCc1nn2c(ncc3c(=O)n([C@H](Cc4ccccc4)C(=O)O)ccc32)c1-c1ccccc1. The van der Waals surface area contributed by atoms with Crippen LogP contribution in [0.4, 0.5) is 0 Å². The summed E-state index contributed by atoms with van der Waals surface area (Å²) in [6.07, 6.45) is 3.20. The van der Waals surface area contributed by atoms with E-state index < -0.39 is 17.6 Å². The molecule has 8 heteroatoms. The maximum absolute atomic E-state index is 13.4. The van der Waals surface area contributed by atoms with Crippen LogP contribution in [0, 0.1) is 0 Å². The quantitative estimate of drug-likeness (QED) is 0.402. The molecule has 0 amide bonds. The van der Waals surface area contributed by atoms with Crippen molar-refractivity contribution in [3.63, 3.8) is 0 Å². The van der Waals surface area contributed by atoms with Crippen molar-refractivity contribution < 1.29 is 14.6 Å². The summed E-state index contributed by atoms with van der Waals surface area (Å²) in [5.74, 6) is -1.08. The van der Waals surface area contributed by atoms with Gasteiger partial charge in [0.15, 0.2) is 5.65 Å². The molecule has 0 saturated carbocycles. The topological polar surface area (TPSA) is 98.7 Å².